The number of hydrogen-bond acceptors (Lipinski definition) is 6. The molecule has 0 saturated carbocycles. The summed E-state index contributed by atoms with van der Waals surface area (Å²) in [6.07, 6.45) is -0.205. The average molecular weight is 474 g/mol. The first-order valence-electron chi connectivity index (χ1n) is 9.30. The number of anilines is 1. The van der Waals surface area contributed by atoms with Crippen molar-refractivity contribution in [1.29, 1.82) is 0 Å². The Kier molecular flexibility index (Phi) is 6.62. The molecule has 12 heteroatoms. The number of sulfone groups is 1. The van der Waals surface area contributed by atoms with E-state index in [0.29, 0.717) is 0 Å². The van der Waals surface area contributed by atoms with Gasteiger partial charge in [-0.15, -0.1) is 0 Å². The summed E-state index contributed by atoms with van der Waals surface area (Å²) >= 11 is 0. The minimum absolute atomic E-state index is 0.0170. The number of carbonyl (C=O) groups is 1. The molecule has 1 aliphatic rings. The van der Waals surface area contributed by atoms with Crippen LogP contribution in [-0.4, -0.2) is 39.5 Å². The minimum atomic E-state index is -4.15. The number of nitrogens with zero attached hydrogens (tertiary/aromatic N) is 1. The van der Waals surface area contributed by atoms with Gasteiger partial charge < -0.3 is 0 Å². The van der Waals surface area contributed by atoms with Crippen LogP contribution in [0.4, 0.5) is 14.5 Å². The normalized spacial score (nSPS) is 16.6. The summed E-state index contributed by atoms with van der Waals surface area (Å²) in [4.78, 5) is 11.6. The van der Waals surface area contributed by atoms with Crippen LogP contribution in [0.15, 0.2) is 42.5 Å². The third-order valence-electron chi connectivity index (χ3n) is 5.09. The second kappa shape index (κ2) is 8.89. The lowest BCUT2D eigenvalue weighted by atomic mass is 10.1. The highest BCUT2D eigenvalue weighted by molar-refractivity contribution is 7.94. The zero-order chi connectivity index (χ0) is 22.8. The van der Waals surface area contributed by atoms with Crippen LogP contribution in [0.25, 0.3) is 0 Å². The molecule has 0 atom stereocenters. The van der Waals surface area contributed by atoms with E-state index < -0.39 is 49.2 Å². The van der Waals surface area contributed by atoms with Gasteiger partial charge in [0.2, 0.25) is 10.0 Å². The van der Waals surface area contributed by atoms with E-state index in [1.165, 1.54) is 24.3 Å². The highest BCUT2D eigenvalue weighted by Crippen LogP contribution is 2.29. The molecule has 1 fully saturated rings. The van der Waals surface area contributed by atoms with Crippen LogP contribution in [0.5, 0.6) is 0 Å². The fraction of sp³-hybridized carbons (Fsp3) is 0.316. The second-order valence-electron chi connectivity index (χ2n) is 7.16. The Morgan fingerprint density at radius 3 is 2.39 bits per heavy atom. The lowest BCUT2D eigenvalue weighted by molar-refractivity contribution is 0.0953. The van der Waals surface area contributed by atoms with Crippen molar-refractivity contribution in [2.24, 2.45) is 5.84 Å². The molecule has 0 radical (unpaired) electrons. The van der Waals surface area contributed by atoms with Crippen LogP contribution in [-0.2, 0) is 26.4 Å². The number of amides is 1. The summed E-state index contributed by atoms with van der Waals surface area (Å²) in [5.41, 5.74) is 1.75. The van der Waals surface area contributed by atoms with E-state index in [1.54, 1.807) is 0 Å². The molecule has 31 heavy (non-hydrogen) atoms. The number of nitrogen functional groups attached to an aromatic ring is 1. The average Bonchev–Trinajstić information content (AvgIpc) is 2.71. The Hall–Kier alpha value is -2.57. The highest BCUT2D eigenvalue weighted by Gasteiger charge is 2.37. The molecule has 1 amide bonds. The molecule has 3 N–H and O–H groups in total. The van der Waals surface area contributed by atoms with Gasteiger partial charge in [-0.25, -0.2) is 31.5 Å². The van der Waals surface area contributed by atoms with Crippen LogP contribution in [0.1, 0.15) is 28.8 Å². The molecule has 2 aromatic carbocycles. The second-order valence-corrected chi connectivity index (χ2v) is 11.6. The van der Waals surface area contributed by atoms with Gasteiger partial charge in [0.15, 0.2) is 0 Å². The first kappa shape index (κ1) is 23.1. The standard InChI is InChI=1S/C19H21F2N3O5S2/c20-15-2-1-3-16(11-15)24(31(28,29)17-6-8-30(26,27)9-7-17)12-14-5-4-13(10-18(14)21)19(25)23-22/h1-5,10-11,17H,6-9,12,22H2,(H,23,25). The zero-order valence-corrected chi connectivity index (χ0v) is 17.9. The largest absolute Gasteiger partial charge is 0.290 e. The van der Waals surface area contributed by atoms with Crippen molar-refractivity contribution in [3.63, 3.8) is 0 Å². The number of halogens is 2. The first-order valence-corrected chi connectivity index (χ1v) is 12.6. The number of rotatable bonds is 6. The molecule has 3 rings (SSSR count). The third-order valence-corrected chi connectivity index (χ3v) is 9.07. The zero-order valence-electron chi connectivity index (χ0n) is 16.3. The van der Waals surface area contributed by atoms with Gasteiger partial charge in [-0.2, -0.15) is 0 Å². The minimum Gasteiger partial charge on any atom is -0.290 e. The van der Waals surface area contributed by atoms with Crippen molar-refractivity contribution in [2.45, 2.75) is 24.6 Å². The molecule has 8 nitrogen and oxygen atoms in total. The van der Waals surface area contributed by atoms with Gasteiger partial charge in [0.1, 0.15) is 21.5 Å². The lowest BCUT2D eigenvalue weighted by Crippen LogP contribution is -2.42. The van der Waals surface area contributed by atoms with Crippen molar-refractivity contribution in [3.8, 4) is 0 Å². The maximum absolute atomic E-state index is 14.6. The maximum Gasteiger partial charge on any atom is 0.265 e. The predicted molar refractivity (Wildman–Crippen MR) is 111 cm³/mol. The van der Waals surface area contributed by atoms with Crippen molar-refractivity contribution in [3.05, 3.63) is 65.2 Å². The van der Waals surface area contributed by atoms with Crippen molar-refractivity contribution < 1.29 is 30.4 Å². The Morgan fingerprint density at radius 2 is 1.81 bits per heavy atom. The number of nitrogens with two attached hydrogens (primary N) is 1. The fourth-order valence-corrected chi connectivity index (χ4v) is 7.07. The molecule has 1 aliphatic heterocycles. The topological polar surface area (TPSA) is 127 Å². The number of hydrogen-bond donors (Lipinski definition) is 2. The van der Waals surface area contributed by atoms with E-state index in [1.807, 2.05) is 5.43 Å². The molecule has 0 bridgehead atoms. The third kappa shape index (κ3) is 5.20. The van der Waals surface area contributed by atoms with Crippen LogP contribution in [0, 0.1) is 11.6 Å². The van der Waals surface area contributed by atoms with Gasteiger partial charge in [-0.05, 0) is 43.2 Å². The van der Waals surface area contributed by atoms with E-state index in [0.717, 1.165) is 22.5 Å². The fourth-order valence-electron chi connectivity index (χ4n) is 3.36. The first-order chi connectivity index (χ1) is 14.5. The van der Waals surface area contributed by atoms with E-state index in [9.17, 15) is 30.4 Å². The number of nitrogens with one attached hydrogen (secondary N) is 1. The van der Waals surface area contributed by atoms with Gasteiger partial charge >= 0.3 is 0 Å². The van der Waals surface area contributed by atoms with E-state index >= 15 is 0 Å². The van der Waals surface area contributed by atoms with Crippen LogP contribution in [0.2, 0.25) is 0 Å². The summed E-state index contributed by atoms with van der Waals surface area (Å²) in [7, 11) is -7.46. The molecule has 0 aromatic heterocycles. The van der Waals surface area contributed by atoms with Crippen molar-refractivity contribution in [1.82, 2.24) is 5.43 Å². The number of carbonyl (C=O) groups excluding carboxylic acids is 1. The summed E-state index contributed by atoms with van der Waals surface area (Å²) < 4.78 is 79.5. The summed E-state index contributed by atoms with van der Waals surface area (Å²) in [5.74, 6) is 2.24. The number of hydrazine groups is 1. The molecule has 1 heterocycles. The Bertz CT molecular complexity index is 1190. The predicted octanol–water partition coefficient (Wildman–Crippen LogP) is 1.48. The SMILES string of the molecule is NNC(=O)c1ccc(CN(c2cccc(F)c2)S(=O)(=O)C2CCS(=O)(=O)CC2)c(F)c1. The maximum atomic E-state index is 14.6. The molecule has 0 aliphatic carbocycles. The lowest BCUT2D eigenvalue weighted by Gasteiger charge is -2.31. The van der Waals surface area contributed by atoms with Gasteiger partial charge in [-0.3, -0.25) is 14.5 Å². The van der Waals surface area contributed by atoms with Crippen molar-refractivity contribution in [2.75, 3.05) is 15.8 Å². The molecule has 1 saturated heterocycles. The summed E-state index contributed by atoms with van der Waals surface area (Å²) in [6.45, 7) is -0.467. The van der Waals surface area contributed by atoms with Gasteiger partial charge in [0.25, 0.3) is 5.91 Å². The summed E-state index contributed by atoms with van der Waals surface area (Å²) in [6, 6.07) is 8.28. The molecule has 0 unspecified atom stereocenters. The molecular weight excluding hydrogens is 452 g/mol. The Balaban J connectivity index is 1.99. The van der Waals surface area contributed by atoms with E-state index in [-0.39, 0.29) is 41.2 Å². The summed E-state index contributed by atoms with van der Waals surface area (Å²) in [5, 5.41) is -1.01. The van der Waals surface area contributed by atoms with E-state index in [4.69, 9.17) is 5.84 Å². The van der Waals surface area contributed by atoms with Gasteiger partial charge in [-0.1, -0.05) is 12.1 Å². The molecule has 2 aromatic rings. The quantitative estimate of drug-likeness (QED) is 0.372. The Morgan fingerprint density at radius 1 is 1.13 bits per heavy atom. The smallest absolute Gasteiger partial charge is 0.265 e. The van der Waals surface area contributed by atoms with Gasteiger partial charge in [0, 0.05) is 11.1 Å². The number of benzene rings is 2. The molecule has 168 valence electrons. The van der Waals surface area contributed by atoms with Crippen LogP contribution >= 0.6 is 0 Å². The number of sulfonamides is 1. The van der Waals surface area contributed by atoms with Crippen LogP contribution in [0.3, 0.4) is 0 Å². The molecule has 0 spiro atoms. The highest BCUT2D eigenvalue weighted by atomic mass is 32.2. The van der Waals surface area contributed by atoms with Crippen molar-refractivity contribution >= 4 is 31.5 Å². The Labute approximate surface area is 179 Å². The molecular formula is C19H21F2N3O5S2. The van der Waals surface area contributed by atoms with E-state index in [2.05, 4.69) is 0 Å². The van der Waals surface area contributed by atoms with Gasteiger partial charge in [0.05, 0.1) is 29.0 Å². The monoisotopic (exact) mass is 473 g/mol. The van der Waals surface area contributed by atoms with Crippen LogP contribution < -0.4 is 15.6 Å².